The van der Waals surface area contributed by atoms with Gasteiger partial charge in [-0.25, -0.2) is 0 Å². The van der Waals surface area contributed by atoms with Gasteiger partial charge >= 0.3 is 5.97 Å². The lowest BCUT2D eigenvalue weighted by atomic mass is 9.85. The van der Waals surface area contributed by atoms with Crippen molar-refractivity contribution in [1.29, 1.82) is 0 Å². The molecule has 2 fully saturated rings. The van der Waals surface area contributed by atoms with Crippen LogP contribution in [0.25, 0.3) is 0 Å². The Morgan fingerprint density at radius 2 is 2.40 bits per heavy atom. The maximum absolute atomic E-state index is 10.8. The highest BCUT2D eigenvalue weighted by molar-refractivity contribution is 5.68. The van der Waals surface area contributed by atoms with Gasteiger partial charge in [0.1, 0.15) is 0 Å². The molecule has 0 amide bonds. The number of nitrogens with zero attached hydrogens (tertiary/aromatic N) is 1. The summed E-state index contributed by atoms with van der Waals surface area (Å²) in [4.78, 5) is 13.0. The smallest absolute Gasteiger partial charge is 0.305 e. The monoisotopic (exact) mass is 214 g/mol. The van der Waals surface area contributed by atoms with Crippen LogP contribution in [-0.2, 0) is 9.53 Å². The third kappa shape index (κ3) is 2.00. The second-order valence-corrected chi connectivity index (χ2v) is 4.53. The number of nitrogens with one attached hydrogen (secondary N) is 1. The number of carbonyl (C=O) groups is 1. The molecule has 0 saturated carbocycles. The molecule has 2 N–H and O–H groups in total. The van der Waals surface area contributed by atoms with E-state index in [1.807, 2.05) is 7.05 Å². The van der Waals surface area contributed by atoms with Gasteiger partial charge in [0.05, 0.1) is 18.6 Å². The van der Waals surface area contributed by atoms with Gasteiger partial charge in [0.15, 0.2) is 0 Å². The average Bonchev–Trinajstić information content (AvgIpc) is 2.62. The molecule has 0 spiro atoms. The molecule has 2 saturated heterocycles. The predicted molar refractivity (Wildman–Crippen MR) is 54.8 cm³/mol. The third-order valence-corrected chi connectivity index (χ3v) is 3.59. The van der Waals surface area contributed by atoms with Crippen molar-refractivity contribution in [2.24, 2.45) is 0 Å². The van der Waals surface area contributed by atoms with E-state index >= 15 is 0 Å². The number of hydrogen-bond acceptors (Lipinski definition) is 4. The van der Waals surface area contributed by atoms with Crippen LogP contribution >= 0.6 is 0 Å². The van der Waals surface area contributed by atoms with Crippen molar-refractivity contribution in [2.75, 3.05) is 33.4 Å². The van der Waals surface area contributed by atoms with Gasteiger partial charge in [-0.15, -0.1) is 0 Å². The number of carboxylic acids is 1. The van der Waals surface area contributed by atoms with Crippen molar-refractivity contribution >= 4 is 5.97 Å². The van der Waals surface area contributed by atoms with E-state index < -0.39 is 5.97 Å². The van der Waals surface area contributed by atoms with Gasteiger partial charge in [-0.2, -0.15) is 0 Å². The Balaban J connectivity index is 2.01. The maximum atomic E-state index is 10.8. The fourth-order valence-corrected chi connectivity index (χ4v) is 2.41. The van der Waals surface area contributed by atoms with E-state index in [0.717, 1.165) is 32.7 Å². The molecule has 2 heterocycles. The molecule has 0 aromatic rings. The molecular formula is C10H18N2O3. The summed E-state index contributed by atoms with van der Waals surface area (Å²) in [7, 11) is 2.02. The first-order valence-corrected chi connectivity index (χ1v) is 5.37. The van der Waals surface area contributed by atoms with Crippen LogP contribution < -0.4 is 5.32 Å². The van der Waals surface area contributed by atoms with Crippen molar-refractivity contribution in [1.82, 2.24) is 10.2 Å². The minimum absolute atomic E-state index is 0.190. The Morgan fingerprint density at radius 1 is 1.67 bits per heavy atom. The summed E-state index contributed by atoms with van der Waals surface area (Å²) in [5, 5.41) is 12.1. The molecule has 5 nitrogen and oxygen atoms in total. The zero-order valence-corrected chi connectivity index (χ0v) is 9.03. The Kier molecular flexibility index (Phi) is 2.95. The maximum Gasteiger partial charge on any atom is 0.305 e. The molecule has 0 aromatic carbocycles. The number of carboxylic acid groups (broad SMARTS) is 1. The lowest BCUT2D eigenvalue weighted by Gasteiger charge is -2.50. The zero-order valence-electron chi connectivity index (χ0n) is 9.03. The molecule has 2 aliphatic heterocycles. The number of aliphatic carboxylic acids is 1. The van der Waals surface area contributed by atoms with Crippen molar-refractivity contribution in [3.63, 3.8) is 0 Å². The van der Waals surface area contributed by atoms with Crippen molar-refractivity contribution < 1.29 is 14.6 Å². The predicted octanol–water partition coefficient (Wildman–Crippen LogP) is -0.476. The van der Waals surface area contributed by atoms with E-state index in [4.69, 9.17) is 9.84 Å². The molecule has 1 unspecified atom stereocenters. The van der Waals surface area contributed by atoms with Crippen LogP contribution in [-0.4, -0.2) is 60.9 Å². The number of hydrogen-bond donors (Lipinski definition) is 2. The highest BCUT2D eigenvalue weighted by atomic mass is 16.5. The molecule has 2 rings (SSSR count). The van der Waals surface area contributed by atoms with Crippen molar-refractivity contribution in [3.05, 3.63) is 0 Å². The van der Waals surface area contributed by atoms with Crippen molar-refractivity contribution in [2.45, 2.75) is 24.4 Å². The summed E-state index contributed by atoms with van der Waals surface area (Å²) in [6, 6.07) is 0.381. The number of likely N-dealkylation sites (N-methyl/N-ethyl adjacent to an activating group) is 1. The topological polar surface area (TPSA) is 61.8 Å². The van der Waals surface area contributed by atoms with Gasteiger partial charge in [0.25, 0.3) is 0 Å². The lowest BCUT2D eigenvalue weighted by Crippen LogP contribution is -2.70. The lowest BCUT2D eigenvalue weighted by molar-refractivity contribution is -0.142. The minimum Gasteiger partial charge on any atom is -0.481 e. The van der Waals surface area contributed by atoms with Crippen LogP contribution in [0.5, 0.6) is 0 Å². The van der Waals surface area contributed by atoms with Crippen molar-refractivity contribution in [3.8, 4) is 0 Å². The number of rotatable bonds is 4. The van der Waals surface area contributed by atoms with Crippen LogP contribution in [0.2, 0.25) is 0 Å². The first-order chi connectivity index (χ1) is 7.14. The molecule has 2 aliphatic rings. The van der Waals surface area contributed by atoms with Gasteiger partial charge < -0.3 is 15.2 Å². The van der Waals surface area contributed by atoms with E-state index in [1.54, 1.807) is 0 Å². The average molecular weight is 214 g/mol. The SMILES string of the molecule is CN(C1CCOC1)C1(CC(=O)O)CNC1. The van der Waals surface area contributed by atoms with Gasteiger partial charge in [-0.3, -0.25) is 9.69 Å². The fourth-order valence-electron chi connectivity index (χ4n) is 2.41. The van der Waals surface area contributed by atoms with Gasteiger partial charge in [0.2, 0.25) is 0 Å². The van der Waals surface area contributed by atoms with E-state index in [1.165, 1.54) is 0 Å². The highest BCUT2D eigenvalue weighted by Gasteiger charge is 2.45. The van der Waals surface area contributed by atoms with Gasteiger partial charge in [0, 0.05) is 25.7 Å². The van der Waals surface area contributed by atoms with Crippen LogP contribution in [0.3, 0.4) is 0 Å². The van der Waals surface area contributed by atoms with E-state index in [-0.39, 0.29) is 12.0 Å². The van der Waals surface area contributed by atoms with E-state index in [2.05, 4.69) is 10.2 Å². The zero-order chi connectivity index (χ0) is 10.9. The highest BCUT2D eigenvalue weighted by Crippen LogP contribution is 2.28. The second-order valence-electron chi connectivity index (χ2n) is 4.53. The quantitative estimate of drug-likeness (QED) is 0.662. The Morgan fingerprint density at radius 3 is 2.80 bits per heavy atom. The van der Waals surface area contributed by atoms with Crippen LogP contribution in [0.1, 0.15) is 12.8 Å². The molecule has 5 heteroatoms. The summed E-state index contributed by atoms with van der Waals surface area (Å²) in [6.45, 7) is 3.07. The largest absolute Gasteiger partial charge is 0.481 e. The Bertz CT molecular complexity index is 247. The summed E-state index contributed by atoms with van der Waals surface area (Å²) in [5.41, 5.74) is -0.190. The molecule has 0 aromatic heterocycles. The normalized spacial score (nSPS) is 29.1. The molecule has 0 aliphatic carbocycles. The molecular weight excluding hydrogens is 196 g/mol. The second kappa shape index (κ2) is 4.08. The summed E-state index contributed by atoms with van der Waals surface area (Å²) in [5.74, 6) is -0.720. The van der Waals surface area contributed by atoms with Crippen LogP contribution in [0.4, 0.5) is 0 Å². The molecule has 1 atom stereocenters. The van der Waals surface area contributed by atoms with Crippen LogP contribution in [0.15, 0.2) is 0 Å². The summed E-state index contributed by atoms with van der Waals surface area (Å²) >= 11 is 0. The standard InChI is InChI=1S/C10H18N2O3/c1-12(8-2-3-15-5-8)10(4-9(13)14)6-11-7-10/h8,11H,2-7H2,1H3,(H,13,14). The molecule has 15 heavy (non-hydrogen) atoms. The van der Waals surface area contributed by atoms with Gasteiger partial charge in [-0.1, -0.05) is 0 Å². The summed E-state index contributed by atoms with van der Waals surface area (Å²) < 4.78 is 5.34. The van der Waals surface area contributed by atoms with Gasteiger partial charge in [-0.05, 0) is 13.5 Å². The Labute approximate surface area is 89.4 Å². The Hall–Kier alpha value is -0.650. The van der Waals surface area contributed by atoms with Crippen LogP contribution in [0, 0.1) is 0 Å². The van der Waals surface area contributed by atoms with E-state index in [0.29, 0.717) is 6.04 Å². The molecule has 0 radical (unpaired) electrons. The first kappa shape index (κ1) is 10.9. The number of ether oxygens (including phenoxy) is 1. The van der Waals surface area contributed by atoms with E-state index in [9.17, 15) is 4.79 Å². The first-order valence-electron chi connectivity index (χ1n) is 5.37. The molecule has 0 bridgehead atoms. The molecule has 86 valence electrons. The third-order valence-electron chi connectivity index (χ3n) is 3.59. The summed E-state index contributed by atoms with van der Waals surface area (Å²) in [6.07, 6.45) is 1.23. The fraction of sp³-hybridized carbons (Fsp3) is 0.900. The minimum atomic E-state index is -0.720.